The van der Waals surface area contributed by atoms with Crippen LogP contribution in [0.25, 0.3) is 0 Å². The van der Waals surface area contributed by atoms with Gasteiger partial charge >= 0.3 is 0 Å². The molecule has 3 nitrogen and oxygen atoms in total. The first-order valence-corrected chi connectivity index (χ1v) is 5.55. The van der Waals surface area contributed by atoms with Crippen LogP contribution < -0.4 is 5.32 Å². The molecule has 1 aromatic rings. The van der Waals surface area contributed by atoms with Crippen molar-refractivity contribution in [1.82, 2.24) is 0 Å². The molecule has 0 spiro atoms. The highest BCUT2D eigenvalue weighted by Crippen LogP contribution is 2.13. The van der Waals surface area contributed by atoms with Gasteiger partial charge in [-0.1, -0.05) is 12.1 Å². The molecule has 0 amide bonds. The predicted molar refractivity (Wildman–Crippen MR) is 66.6 cm³/mol. The molecule has 0 aliphatic carbocycles. The van der Waals surface area contributed by atoms with Crippen molar-refractivity contribution in [2.24, 2.45) is 0 Å². The van der Waals surface area contributed by atoms with Gasteiger partial charge in [0.2, 0.25) is 0 Å². The highest BCUT2D eigenvalue weighted by atomic mass is 16.5. The molecule has 0 aliphatic heterocycles. The van der Waals surface area contributed by atoms with Crippen molar-refractivity contribution in [3.05, 3.63) is 29.8 Å². The molecule has 0 bridgehead atoms. The molecule has 2 N–H and O–H groups in total. The fraction of sp³-hybridized carbons (Fsp3) is 0.538. The summed E-state index contributed by atoms with van der Waals surface area (Å²) in [6, 6.07) is 8.11. The second-order valence-electron chi connectivity index (χ2n) is 4.62. The minimum absolute atomic E-state index is 0.614. The zero-order valence-electron chi connectivity index (χ0n) is 10.3. The Morgan fingerprint density at radius 2 is 2.12 bits per heavy atom. The summed E-state index contributed by atoms with van der Waals surface area (Å²) in [7, 11) is 1.69. The number of ether oxygens (including phenoxy) is 1. The number of hydrogen-bond donors (Lipinski definition) is 2. The third-order valence-corrected chi connectivity index (χ3v) is 2.30. The van der Waals surface area contributed by atoms with E-state index in [-0.39, 0.29) is 0 Å². The first kappa shape index (κ1) is 13.0. The number of hydrogen-bond acceptors (Lipinski definition) is 3. The quantitative estimate of drug-likeness (QED) is 0.778. The Labute approximate surface area is 97.4 Å². The molecule has 0 unspecified atom stereocenters. The molecule has 90 valence electrons. The monoisotopic (exact) mass is 223 g/mol. The minimum Gasteiger partial charge on any atom is -0.390 e. The van der Waals surface area contributed by atoms with Crippen LogP contribution in [-0.4, -0.2) is 24.4 Å². The number of benzene rings is 1. The van der Waals surface area contributed by atoms with Crippen molar-refractivity contribution in [2.75, 3.05) is 19.0 Å². The van der Waals surface area contributed by atoms with Gasteiger partial charge in [0.15, 0.2) is 0 Å². The molecule has 1 aromatic carbocycles. The lowest BCUT2D eigenvalue weighted by Gasteiger charge is -2.17. The average Bonchev–Trinajstić information content (AvgIpc) is 2.17. The van der Waals surface area contributed by atoms with E-state index in [1.807, 2.05) is 32.0 Å². The molecule has 3 heteroatoms. The van der Waals surface area contributed by atoms with Gasteiger partial charge in [-0.2, -0.15) is 0 Å². The van der Waals surface area contributed by atoms with Gasteiger partial charge in [-0.15, -0.1) is 0 Å². The van der Waals surface area contributed by atoms with E-state index in [0.29, 0.717) is 6.61 Å². The predicted octanol–water partition coefficient (Wildman–Crippen LogP) is 2.41. The standard InChI is InChI=1S/C13H21NO2/c1-13(2,15)7-8-14-12-6-4-5-11(9-12)10-16-3/h4-6,9,14-15H,7-8,10H2,1-3H3. The lowest BCUT2D eigenvalue weighted by Crippen LogP contribution is -2.22. The van der Waals surface area contributed by atoms with Crippen molar-refractivity contribution in [2.45, 2.75) is 32.5 Å². The van der Waals surface area contributed by atoms with Crippen LogP contribution in [0.5, 0.6) is 0 Å². The molecule has 0 saturated heterocycles. The SMILES string of the molecule is COCc1cccc(NCCC(C)(C)O)c1. The number of aliphatic hydroxyl groups is 1. The second kappa shape index (κ2) is 5.87. The Morgan fingerprint density at radius 1 is 1.38 bits per heavy atom. The van der Waals surface area contributed by atoms with Crippen LogP contribution in [0.1, 0.15) is 25.8 Å². The van der Waals surface area contributed by atoms with Crippen molar-refractivity contribution in [3.63, 3.8) is 0 Å². The van der Waals surface area contributed by atoms with Gasteiger partial charge in [0.1, 0.15) is 0 Å². The van der Waals surface area contributed by atoms with E-state index in [1.165, 1.54) is 0 Å². The topological polar surface area (TPSA) is 41.5 Å². The van der Waals surface area contributed by atoms with Crippen molar-refractivity contribution in [1.29, 1.82) is 0 Å². The molecule has 16 heavy (non-hydrogen) atoms. The third kappa shape index (κ3) is 5.14. The van der Waals surface area contributed by atoms with Crippen LogP contribution in [0.2, 0.25) is 0 Å². The fourth-order valence-electron chi connectivity index (χ4n) is 1.45. The van der Waals surface area contributed by atoms with E-state index < -0.39 is 5.60 Å². The first-order chi connectivity index (χ1) is 7.51. The van der Waals surface area contributed by atoms with E-state index in [0.717, 1.165) is 24.2 Å². The van der Waals surface area contributed by atoms with Gasteiger partial charge in [-0.3, -0.25) is 0 Å². The Balaban J connectivity index is 2.44. The van der Waals surface area contributed by atoms with Gasteiger partial charge in [0.25, 0.3) is 0 Å². The molecule has 0 radical (unpaired) electrons. The van der Waals surface area contributed by atoms with Gasteiger partial charge in [0, 0.05) is 19.3 Å². The zero-order valence-corrected chi connectivity index (χ0v) is 10.3. The summed E-state index contributed by atoms with van der Waals surface area (Å²) in [5, 5.41) is 12.9. The Bertz CT molecular complexity index is 318. The van der Waals surface area contributed by atoms with E-state index >= 15 is 0 Å². The normalized spacial score (nSPS) is 11.5. The van der Waals surface area contributed by atoms with Crippen LogP contribution in [0.4, 0.5) is 5.69 Å². The maximum absolute atomic E-state index is 9.57. The van der Waals surface area contributed by atoms with Gasteiger partial charge in [0.05, 0.1) is 12.2 Å². The molecule has 0 fully saturated rings. The summed E-state index contributed by atoms with van der Waals surface area (Å²) >= 11 is 0. The number of anilines is 1. The summed E-state index contributed by atoms with van der Waals surface area (Å²) in [6.07, 6.45) is 0.724. The molecule has 0 aliphatic rings. The number of methoxy groups -OCH3 is 1. The summed E-state index contributed by atoms with van der Waals surface area (Å²) in [5.74, 6) is 0. The summed E-state index contributed by atoms with van der Waals surface area (Å²) in [5.41, 5.74) is 1.60. The second-order valence-corrected chi connectivity index (χ2v) is 4.62. The van der Waals surface area contributed by atoms with E-state index in [2.05, 4.69) is 11.4 Å². The molecule has 1 rings (SSSR count). The largest absolute Gasteiger partial charge is 0.390 e. The molecular weight excluding hydrogens is 202 g/mol. The summed E-state index contributed by atoms with van der Waals surface area (Å²) < 4.78 is 5.07. The van der Waals surface area contributed by atoms with Gasteiger partial charge in [-0.25, -0.2) is 0 Å². The summed E-state index contributed by atoms with van der Waals surface area (Å²) in [6.45, 7) is 5.02. The van der Waals surface area contributed by atoms with Crippen molar-refractivity contribution in [3.8, 4) is 0 Å². The Morgan fingerprint density at radius 3 is 2.75 bits per heavy atom. The van der Waals surface area contributed by atoms with Crippen LogP contribution in [0.15, 0.2) is 24.3 Å². The van der Waals surface area contributed by atoms with Crippen molar-refractivity contribution >= 4 is 5.69 Å². The Kier molecular flexibility index (Phi) is 4.77. The molecule has 0 atom stereocenters. The van der Waals surface area contributed by atoms with Gasteiger partial charge < -0.3 is 15.2 Å². The Hall–Kier alpha value is -1.06. The fourth-order valence-corrected chi connectivity index (χ4v) is 1.45. The van der Waals surface area contributed by atoms with Crippen LogP contribution >= 0.6 is 0 Å². The number of nitrogens with one attached hydrogen (secondary N) is 1. The highest BCUT2D eigenvalue weighted by Gasteiger charge is 2.10. The maximum Gasteiger partial charge on any atom is 0.0713 e. The van der Waals surface area contributed by atoms with Crippen LogP contribution in [0, 0.1) is 0 Å². The average molecular weight is 223 g/mol. The minimum atomic E-state index is -0.614. The van der Waals surface area contributed by atoms with E-state index in [4.69, 9.17) is 4.74 Å². The lowest BCUT2D eigenvalue weighted by atomic mass is 10.1. The smallest absolute Gasteiger partial charge is 0.0713 e. The van der Waals surface area contributed by atoms with Crippen LogP contribution in [-0.2, 0) is 11.3 Å². The zero-order chi connectivity index (χ0) is 12.0. The first-order valence-electron chi connectivity index (χ1n) is 5.55. The molecule has 0 saturated carbocycles. The molecular formula is C13H21NO2. The molecule has 0 aromatic heterocycles. The molecule has 0 heterocycles. The van der Waals surface area contributed by atoms with Gasteiger partial charge in [-0.05, 0) is 38.0 Å². The number of rotatable bonds is 6. The third-order valence-electron chi connectivity index (χ3n) is 2.30. The van der Waals surface area contributed by atoms with Crippen molar-refractivity contribution < 1.29 is 9.84 Å². The van der Waals surface area contributed by atoms with E-state index in [9.17, 15) is 5.11 Å². The van der Waals surface area contributed by atoms with Crippen LogP contribution in [0.3, 0.4) is 0 Å². The van der Waals surface area contributed by atoms with E-state index in [1.54, 1.807) is 7.11 Å². The lowest BCUT2D eigenvalue weighted by molar-refractivity contribution is 0.0749. The highest BCUT2D eigenvalue weighted by molar-refractivity contribution is 5.45. The summed E-state index contributed by atoms with van der Waals surface area (Å²) in [4.78, 5) is 0. The maximum atomic E-state index is 9.57.